The number of amides is 2. The molecule has 0 aliphatic rings. The van der Waals surface area contributed by atoms with Crippen molar-refractivity contribution in [3.05, 3.63) is 50.6 Å². The van der Waals surface area contributed by atoms with Crippen LogP contribution in [-0.2, 0) is 9.59 Å². The zero-order valence-corrected chi connectivity index (χ0v) is 11.3. The Morgan fingerprint density at radius 2 is 1.37 bits per heavy atom. The SMILES string of the molecule is C=CCN(CC=C)C(=O)C(CC=C)(CC=C)C(N)=O. The highest BCUT2D eigenvalue weighted by Gasteiger charge is 2.44. The molecular weight excluding hydrogens is 240 g/mol. The van der Waals surface area contributed by atoms with Crippen LogP contribution in [0.25, 0.3) is 0 Å². The van der Waals surface area contributed by atoms with Crippen molar-refractivity contribution in [2.75, 3.05) is 13.1 Å². The molecule has 19 heavy (non-hydrogen) atoms. The summed E-state index contributed by atoms with van der Waals surface area (Å²) < 4.78 is 0. The van der Waals surface area contributed by atoms with Gasteiger partial charge in [-0.1, -0.05) is 24.3 Å². The predicted octanol–water partition coefficient (Wildman–Crippen LogP) is 1.81. The predicted molar refractivity (Wildman–Crippen MR) is 78.2 cm³/mol. The number of allylic oxidation sites excluding steroid dienone is 2. The number of carbonyl (C=O) groups is 2. The number of rotatable bonds is 10. The first-order valence-corrected chi connectivity index (χ1v) is 6.03. The molecule has 0 unspecified atom stereocenters. The van der Waals surface area contributed by atoms with Gasteiger partial charge in [-0.25, -0.2) is 0 Å². The van der Waals surface area contributed by atoms with E-state index in [-0.39, 0.29) is 18.7 Å². The number of primary amides is 1. The molecule has 0 radical (unpaired) electrons. The monoisotopic (exact) mass is 262 g/mol. The van der Waals surface area contributed by atoms with Gasteiger partial charge in [0.05, 0.1) is 0 Å². The highest BCUT2D eigenvalue weighted by molar-refractivity contribution is 6.04. The minimum atomic E-state index is -1.32. The van der Waals surface area contributed by atoms with E-state index in [0.717, 1.165) is 0 Å². The third-order valence-corrected chi connectivity index (χ3v) is 2.85. The van der Waals surface area contributed by atoms with E-state index in [1.807, 2.05) is 0 Å². The van der Waals surface area contributed by atoms with Gasteiger partial charge in [0, 0.05) is 13.1 Å². The number of nitrogens with two attached hydrogens (primary N) is 1. The molecule has 2 amide bonds. The van der Waals surface area contributed by atoms with Crippen LogP contribution in [0.15, 0.2) is 50.6 Å². The van der Waals surface area contributed by atoms with Crippen LogP contribution < -0.4 is 5.73 Å². The lowest BCUT2D eigenvalue weighted by Gasteiger charge is -2.33. The highest BCUT2D eigenvalue weighted by atomic mass is 16.2. The minimum Gasteiger partial charge on any atom is -0.369 e. The minimum absolute atomic E-state index is 0.179. The molecule has 0 spiro atoms. The Labute approximate surface area is 115 Å². The van der Waals surface area contributed by atoms with Crippen molar-refractivity contribution in [2.45, 2.75) is 12.8 Å². The average molecular weight is 262 g/mol. The van der Waals surface area contributed by atoms with Gasteiger partial charge in [-0.2, -0.15) is 0 Å². The number of hydrogen-bond donors (Lipinski definition) is 1. The van der Waals surface area contributed by atoms with Crippen molar-refractivity contribution < 1.29 is 9.59 Å². The Morgan fingerprint density at radius 1 is 0.947 bits per heavy atom. The zero-order chi connectivity index (χ0) is 14.9. The fourth-order valence-electron chi connectivity index (χ4n) is 1.91. The Hall–Kier alpha value is -2.10. The normalized spacial score (nSPS) is 10.3. The van der Waals surface area contributed by atoms with Gasteiger partial charge < -0.3 is 10.6 Å². The number of nitrogens with zero attached hydrogens (tertiary/aromatic N) is 1. The van der Waals surface area contributed by atoms with Crippen LogP contribution >= 0.6 is 0 Å². The maximum Gasteiger partial charge on any atom is 0.239 e. The summed E-state index contributed by atoms with van der Waals surface area (Å²) in [6.07, 6.45) is 6.58. The molecule has 0 saturated heterocycles. The first kappa shape index (κ1) is 16.9. The lowest BCUT2D eigenvalue weighted by atomic mass is 9.78. The van der Waals surface area contributed by atoms with Gasteiger partial charge in [-0.05, 0) is 12.8 Å². The summed E-state index contributed by atoms with van der Waals surface area (Å²) in [5.74, 6) is -1.02. The Balaban J connectivity index is 5.53. The van der Waals surface area contributed by atoms with E-state index in [2.05, 4.69) is 26.3 Å². The van der Waals surface area contributed by atoms with Gasteiger partial charge in [0.25, 0.3) is 0 Å². The molecule has 0 rings (SSSR count). The van der Waals surface area contributed by atoms with E-state index in [9.17, 15) is 9.59 Å². The fourth-order valence-corrected chi connectivity index (χ4v) is 1.91. The second kappa shape index (κ2) is 8.08. The third kappa shape index (κ3) is 3.95. The van der Waals surface area contributed by atoms with Crippen LogP contribution in [0.1, 0.15) is 12.8 Å². The molecule has 0 aromatic heterocycles. The molecule has 4 nitrogen and oxygen atoms in total. The summed E-state index contributed by atoms with van der Waals surface area (Å²) >= 11 is 0. The highest BCUT2D eigenvalue weighted by Crippen LogP contribution is 2.30. The number of hydrogen-bond acceptors (Lipinski definition) is 2. The van der Waals surface area contributed by atoms with E-state index in [1.54, 1.807) is 12.2 Å². The van der Waals surface area contributed by atoms with Gasteiger partial charge in [-0.15, -0.1) is 26.3 Å². The van der Waals surface area contributed by atoms with Gasteiger partial charge >= 0.3 is 0 Å². The molecule has 104 valence electrons. The summed E-state index contributed by atoms with van der Waals surface area (Å²) in [6, 6.07) is 0. The van der Waals surface area contributed by atoms with E-state index in [4.69, 9.17) is 5.73 Å². The maximum atomic E-state index is 12.6. The standard InChI is InChI=1S/C15H22N2O2/c1-5-9-15(10-6-2,13(16)18)14(19)17(11-7-3)12-8-4/h5-8H,1-4,9-12H2,(H2,16,18). The maximum absolute atomic E-state index is 12.6. The van der Waals surface area contributed by atoms with Crippen LogP contribution in [0, 0.1) is 5.41 Å². The second-order valence-electron chi connectivity index (χ2n) is 4.22. The first-order valence-electron chi connectivity index (χ1n) is 6.03. The van der Waals surface area contributed by atoms with E-state index >= 15 is 0 Å². The first-order chi connectivity index (χ1) is 8.99. The fraction of sp³-hybridized carbons (Fsp3) is 0.333. The molecule has 0 aromatic carbocycles. The average Bonchev–Trinajstić information content (AvgIpc) is 2.37. The molecule has 0 bridgehead atoms. The van der Waals surface area contributed by atoms with Crippen molar-refractivity contribution in [3.8, 4) is 0 Å². The molecule has 0 aliphatic heterocycles. The summed E-state index contributed by atoms with van der Waals surface area (Å²) in [5, 5.41) is 0. The molecule has 0 fully saturated rings. The summed E-state index contributed by atoms with van der Waals surface area (Å²) in [5.41, 5.74) is 4.12. The van der Waals surface area contributed by atoms with Crippen molar-refractivity contribution in [1.29, 1.82) is 0 Å². The van der Waals surface area contributed by atoms with Crippen LogP contribution in [0.3, 0.4) is 0 Å². The van der Waals surface area contributed by atoms with E-state index < -0.39 is 11.3 Å². The third-order valence-electron chi connectivity index (χ3n) is 2.85. The molecular formula is C15H22N2O2. The van der Waals surface area contributed by atoms with Crippen molar-refractivity contribution in [3.63, 3.8) is 0 Å². The topological polar surface area (TPSA) is 63.4 Å². The lowest BCUT2D eigenvalue weighted by Crippen LogP contribution is -2.51. The quantitative estimate of drug-likeness (QED) is 0.482. The van der Waals surface area contributed by atoms with Crippen LogP contribution in [-0.4, -0.2) is 29.8 Å². The van der Waals surface area contributed by atoms with Crippen molar-refractivity contribution in [1.82, 2.24) is 4.90 Å². The zero-order valence-electron chi connectivity index (χ0n) is 11.3. The second-order valence-corrected chi connectivity index (χ2v) is 4.22. The molecule has 0 aliphatic carbocycles. The lowest BCUT2D eigenvalue weighted by molar-refractivity contribution is -0.148. The van der Waals surface area contributed by atoms with Crippen molar-refractivity contribution in [2.24, 2.45) is 11.1 Å². The Bertz CT molecular complexity index is 366. The van der Waals surface area contributed by atoms with Gasteiger partial charge in [0.15, 0.2) is 0 Å². The van der Waals surface area contributed by atoms with Crippen LogP contribution in [0.2, 0.25) is 0 Å². The molecule has 0 saturated carbocycles. The smallest absolute Gasteiger partial charge is 0.239 e. The van der Waals surface area contributed by atoms with Gasteiger partial charge in [0.2, 0.25) is 11.8 Å². The molecule has 2 N–H and O–H groups in total. The van der Waals surface area contributed by atoms with Crippen LogP contribution in [0.5, 0.6) is 0 Å². The van der Waals surface area contributed by atoms with Crippen molar-refractivity contribution >= 4 is 11.8 Å². The van der Waals surface area contributed by atoms with Gasteiger partial charge in [0.1, 0.15) is 5.41 Å². The molecule has 0 aromatic rings. The largest absolute Gasteiger partial charge is 0.369 e. The summed E-state index contributed by atoms with van der Waals surface area (Å²) in [7, 11) is 0. The molecule has 0 heterocycles. The van der Waals surface area contributed by atoms with E-state index in [1.165, 1.54) is 17.1 Å². The van der Waals surface area contributed by atoms with E-state index in [0.29, 0.717) is 13.1 Å². The Kier molecular flexibility index (Phi) is 7.19. The Morgan fingerprint density at radius 3 is 1.63 bits per heavy atom. The molecule has 0 atom stereocenters. The van der Waals surface area contributed by atoms with Gasteiger partial charge in [-0.3, -0.25) is 9.59 Å². The summed E-state index contributed by atoms with van der Waals surface area (Å²) in [4.78, 5) is 25.9. The summed E-state index contributed by atoms with van der Waals surface area (Å²) in [6.45, 7) is 15.0. The van der Waals surface area contributed by atoms with Crippen LogP contribution in [0.4, 0.5) is 0 Å². The number of carbonyl (C=O) groups excluding carboxylic acids is 2. The molecule has 4 heteroatoms.